The number of fused-ring (bicyclic) bond motifs is 3. The number of allylic oxidation sites excluding steroid dienone is 2. The van der Waals surface area contributed by atoms with Gasteiger partial charge in [-0.2, -0.15) is 0 Å². The van der Waals surface area contributed by atoms with Gasteiger partial charge in [0.05, 0.1) is 0 Å². The fraction of sp³-hybridized carbons (Fsp3) is 0.171. The standard InChI is InChI=1S/C41H37N/c1-2-31-26-27-34-15-3-6-18-37(34)36(31)21-9-12-30-24-28-35(29-25-30)42(40-22-10-16-32-13-4-7-19-38(32)40)41-23-11-17-33-14-5-8-20-39(33)41/h2-4,6-7,9,11,13,15,17-19,21-29H,1,5,8,10,12,14,16,20H2/b21-9-. The van der Waals surface area contributed by atoms with Gasteiger partial charge in [0.2, 0.25) is 0 Å². The van der Waals surface area contributed by atoms with Crippen molar-refractivity contribution in [1.82, 2.24) is 0 Å². The highest BCUT2D eigenvalue weighted by Gasteiger charge is 2.24. The second-order valence-corrected chi connectivity index (χ2v) is 11.5. The molecule has 1 heteroatoms. The van der Waals surface area contributed by atoms with Crippen molar-refractivity contribution in [3.05, 3.63) is 161 Å². The zero-order valence-corrected chi connectivity index (χ0v) is 24.2. The van der Waals surface area contributed by atoms with Crippen LogP contribution >= 0.6 is 0 Å². The lowest BCUT2D eigenvalue weighted by Crippen LogP contribution is -2.21. The maximum atomic E-state index is 4.05. The van der Waals surface area contributed by atoms with Crippen molar-refractivity contribution in [1.29, 1.82) is 0 Å². The van der Waals surface area contributed by atoms with Crippen molar-refractivity contribution < 1.29 is 0 Å². The van der Waals surface area contributed by atoms with Crippen molar-refractivity contribution in [2.45, 2.75) is 44.9 Å². The summed E-state index contributed by atoms with van der Waals surface area (Å²) in [6.45, 7) is 4.05. The van der Waals surface area contributed by atoms with E-state index in [9.17, 15) is 0 Å². The van der Waals surface area contributed by atoms with E-state index in [0.717, 1.165) is 25.7 Å². The molecule has 0 fully saturated rings. The molecule has 0 aliphatic heterocycles. The Bertz CT molecular complexity index is 1820. The summed E-state index contributed by atoms with van der Waals surface area (Å²) in [6, 6.07) is 38.0. The summed E-state index contributed by atoms with van der Waals surface area (Å²) >= 11 is 0. The Morgan fingerprint density at radius 2 is 1.52 bits per heavy atom. The highest BCUT2D eigenvalue weighted by molar-refractivity contribution is 5.94. The average Bonchev–Trinajstić information content (AvgIpc) is 3.06. The fourth-order valence-corrected chi connectivity index (χ4v) is 6.82. The van der Waals surface area contributed by atoms with Gasteiger partial charge in [-0.1, -0.05) is 116 Å². The molecule has 5 aromatic carbocycles. The first-order chi connectivity index (χ1) is 20.8. The largest absolute Gasteiger partial charge is 0.310 e. The number of benzene rings is 5. The maximum Gasteiger partial charge on any atom is 0.0497 e. The lowest BCUT2D eigenvalue weighted by molar-refractivity contribution is 0.686. The summed E-state index contributed by atoms with van der Waals surface area (Å²) in [7, 11) is 0. The van der Waals surface area contributed by atoms with Crippen molar-refractivity contribution in [3.63, 3.8) is 0 Å². The summed E-state index contributed by atoms with van der Waals surface area (Å²) in [5.74, 6) is 0. The molecule has 0 heterocycles. The SMILES string of the molecule is C=Cc1ccc2ccccc2c1/C=C\Cc1ccc(N(C2=CCCc3ccccc32)c2cccc3c2CCCC3)cc1. The van der Waals surface area contributed by atoms with Crippen LogP contribution in [-0.4, -0.2) is 0 Å². The third kappa shape index (κ3) is 5.01. The van der Waals surface area contributed by atoms with Crippen molar-refractivity contribution in [2.24, 2.45) is 0 Å². The molecule has 0 saturated carbocycles. The molecule has 0 N–H and O–H groups in total. The van der Waals surface area contributed by atoms with Gasteiger partial charge in [0.1, 0.15) is 0 Å². The van der Waals surface area contributed by atoms with E-state index in [4.69, 9.17) is 0 Å². The first kappa shape index (κ1) is 26.3. The Morgan fingerprint density at radius 3 is 2.43 bits per heavy atom. The van der Waals surface area contributed by atoms with Gasteiger partial charge < -0.3 is 4.90 Å². The number of anilines is 2. The van der Waals surface area contributed by atoms with Crippen molar-refractivity contribution in [2.75, 3.05) is 4.90 Å². The van der Waals surface area contributed by atoms with Gasteiger partial charge >= 0.3 is 0 Å². The second-order valence-electron chi connectivity index (χ2n) is 11.5. The minimum atomic E-state index is 0.881. The molecule has 0 saturated heterocycles. The summed E-state index contributed by atoms with van der Waals surface area (Å²) < 4.78 is 0. The summed E-state index contributed by atoms with van der Waals surface area (Å²) in [4.78, 5) is 2.54. The first-order valence-electron chi connectivity index (χ1n) is 15.4. The Labute approximate surface area is 250 Å². The molecular weight excluding hydrogens is 506 g/mol. The monoisotopic (exact) mass is 543 g/mol. The molecule has 0 unspecified atom stereocenters. The van der Waals surface area contributed by atoms with Gasteiger partial charge in [0.25, 0.3) is 0 Å². The van der Waals surface area contributed by atoms with Crippen LogP contribution in [0.3, 0.4) is 0 Å². The molecule has 5 aromatic rings. The number of hydrogen-bond donors (Lipinski definition) is 0. The molecule has 2 aliphatic rings. The predicted octanol–water partition coefficient (Wildman–Crippen LogP) is 10.7. The highest BCUT2D eigenvalue weighted by atomic mass is 15.2. The molecule has 206 valence electrons. The van der Waals surface area contributed by atoms with E-state index < -0.39 is 0 Å². The fourth-order valence-electron chi connectivity index (χ4n) is 6.82. The van der Waals surface area contributed by atoms with Gasteiger partial charge in [-0.05, 0) is 107 Å². The Kier molecular flexibility index (Phi) is 7.33. The van der Waals surface area contributed by atoms with Crippen LogP contribution in [0.5, 0.6) is 0 Å². The summed E-state index contributed by atoms with van der Waals surface area (Å²) in [5, 5.41) is 2.53. The maximum absolute atomic E-state index is 4.05. The first-order valence-corrected chi connectivity index (χ1v) is 15.4. The third-order valence-electron chi connectivity index (χ3n) is 8.95. The Hall–Kier alpha value is -4.62. The van der Waals surface area contributed by atoms with E-state index in [0.29, 0.717) is 0 Å². The van der Waals surface area contributed by atoms with Gasteiger partial charge in [-0.15, -0.1) is 0 Å². The van der Waals surface area contributed by atoms with Gasteiger partial charge in [0, 0.05) is 22.6 Å². The number of rotatable bonds is 7. The Morgan fingerprint density at radius 1 is 0.714 bits per heavy atom. The van der Waals surface area contributed by atoms with E-state index in [1.807, 2.05) is 6.08 Å². The second kappa shape index (κ2) is 11.7. The minimum Gasteiger partial charge on any atom is -0.310 e. The van der Waals surface area contributed by atoms with Crippen LogP contribution in [0.2, 0.25) is 0 Å². The molecule has 0 bridgehead atoms. The van der Waals surface area contributed by atoms with Crippen LogP contribution in [0.15, 0.2) is 122 Å². The van der Waals surface area contributed by atoms with Crippen LogP contribution in [0, 0.1) is 0 Å². The minimum absolute atomic E-state index is 0.881. The van der Waals surface area contributed by atoms with Gasteiger partial charge in [-0.3, -0.25) is 0 Å². The van der Waals surface area contributed by atoms with E-state index in [2.05, 4.69) is 133 Å². The highest BCUT2D eigenvalue weighted by Crippen LogP contribution is 2.42. The van der Waals surface area contributed by atoms with Crippen LogP contribution in [0.4, 0.5) is 11.4 Å². The number of nitrogens with zero attached hydrogens (tertiary/aromatic N) is 1. The predicted molar refractivity (Wildman–Crippen MR) is 181 cm³/mol. The van der Waals surface area contributed by atoms with Crippen LogP contribution in [-0.2, 0) is 25.7 Å². The third-order valence-corrected chi connectivity index (χ3v) is 8.95. The van der Waals surface area contributed by atoms with E-state index in [1.165, 1.54) is 86.1 Å². The normalized spacial score (nSPS) is 14.3. The van der Waals surface area contributed by atoms with Crippen molar-refractivity contribution >= 4 is 40.0 Å². The average molecular weight is 544 g/mol. The van der Waals surface area contributed by atoms with Crippen LogP contribution in [0.25, 0.3) is 28.6 Å². The molecule has 0 atom stereocenters. The Balaban J connectivity index is 1.23. The molecular formula is C41H37N. The van der Waals surface area contributed by atoms with Gasteiger partial charge in [0.15, 0.2) is 0 Å². The lowest BCUT2D eigenvalue weighted by Gasteiger charge is -2.34. The van der Waals surface area contributed by atoms with E-state index in [1.54, 1.807) is 0 Å². The van der Waals surface area contributed by atoms with Crippen LogP contribution in [0.1, 0.15) is 58.2 Å². The lowest BCUT2D eigenvalue weighted by atomic mass is 9.88. The molecule has 42 heavy (non-hydrogen) atoms. The number of hydrogen-bond acceptors (Lipinski definition) is 1. The van der Waals surface area contributed by atoms with E-state index >= 15 is 0 Å². The molecule has 7 rings (SSSR count). The topological polar surface area (TPSA) is 3.24 Å². The molecule has 0 spiro atoms. The van der Waals surface area contributed by atoms with E-state index in [-0.39, 0.29) is 0 Å². The zero-order chi connectivity index (χ0) is 28.3. The zero-order valence-electron chi connectivity index (χ0n) is 24.2. The molecule has 0 radical (unpaired) electrons. The summed E-state index contributed by atoms with van der Waals surface area (Å²) in [6.07, 6.45) is 16.9. The molecule has 1 nitrogen and oxygen atoms in total. The smallest absolute Gasteiger partial charge is 0.0497 e. The molecule has 0 amide bonds. The number of aryl methyl sites for hydroxylation is 2. The van der Waals surface area contributed by atoms with Crippen molar-refractivity contribution in [3.8, 4) is 0 Å². The molecule has 2 aliphatic carbocycles. The van der Waals surface area contributed by atoms with Gasteiger partial charge in [-0.25, -0.2) is 0 Å². The quantitative estimate of drug-likeness (QED) is 0.197. The van der Waals surface area contributed by atoms with Crippen LogP contribution < -0.4 is 4.90 Å². The molecule has 0 aromatic heterocycles. The summed E-state index contributed by atoms with van der Waals surface area (Å²) in [5.41, 5.74) is 13.4.